The third kappa shape index (κ3) is 9.26. The lowest BCUT2D eigenvalue weighted by atomic mass is 10.0. The lowest BCUT2D eigenvalue weighted by molar-refractivity contribution is -0.146. The van der Waals surface area contributed by atoms with E-state index in [1.807, 2.05) is 0 Å². The Labute approximate surface area is 204 Å². The summed E-state index contributed by atoms with van der Waals surface area (Å²) in [5.41, 5.74) is -1.95. The maximum atomic E-state index is 13.1. The summed E-state index contributed by atoms with van der Waals surface area (Å²) >= 11 is 0. The number of methoxy groups -OCH3 is 2. The Morgan fingerprint density at radius 3 is 1.77 bits per heavy atom. The van der Waals surface area contributed by atoms with Crippen LogP contribution in [0.15, 0.2) is 18.2 Å². The molecule has 0 aliphatic carbocycles. The van der Waals surface area contributed by atoms with E-state index in [-0.39, 0.29) is 17.1 Å². The molecule has 0 spiro atoms. The van der Waals surface area contributed by atoms with Crippen LogP contribution in [0.5, 0.6) is 11.5 Å². The van der Waals surface area contributed by atoms with Crippen LogP contribution in [0.2, 0.25) is 0 Å². The number of ether oxygens (including phenoxy) is 5. The van der Waals surface area contributed by atoms with E-state index >= 15 is 0 Å². The molecule has 0 saturated heterocycles. The number of Topliss-reactive ketones (excluding diaryl/α,β-unsaturated/α-hetero) is 1. The first-order valence-corrected chi connectivity index (χ1v) is 10.7. The van der Waals surface area contributed by atoms with Gasteiger partial charge in [0.05, 0.1) is 14.2 Å². The van der Waals surface area contributed by atoms with E-state index in [1.165, 1.54) is 32.2 Å². The van der Waals surface area contributed by atoms with Crippen molar-refractivity contribution in [2.24, 2.45) is 0 Å². The van der Waals surface area contributed by atoms with Crippen molar-refractivity contribution < 1.29 is 47.7 Å². The zero-order chi connectivity index (χ0) is 27.1. The lowest BCUT2D eigenvalue weighted by Crippen LogP contribution is -2.53. The normalized spacial score (nSPS) is 12.1. The molecule has 11 heteroatoms. The molecule has 1 aromatic rings. The minimum absolute atomic E-state index is 0.0694. The average molecular weight is 496 g/mol. The molecule has 0 bridgehead atoms. The summed E-state index contributed by atoms with van der Waals surface area (Å²) < 4.78 is 25.5. The number of hydrogen-bond acceptors (Lipinski definition) is 10. The molecule has 1 atom stereocenters. The van der Waals surface area contributed by atoms with Gasteiger partial charge in [0.2, 0.25) is 0 Å². The van der Waals surface area contributed by atoms with E-state index in [0.717, 1.165) is 7.11 Å². The Morgan fingerprint density at radius 2 is 1.37 bits per heavy atom. The highest BCUT2D eigenvalue weighted by Crippen LogP contribution is 2.29. The van der Waals surface area contributed by atoms with Gasteiger partial charge in [-0.15, -0.1) is 0 Å². The van der Waals surface area contributed by atoms with Crippen molar-refractivity contribution in [1.29, 1.82) is 0 Å². The fourth-order valence-corrected chi connectivity index (χ4v) is 2.74. The van der Waals surface area contributed by atoms with Crippen molar-refractivity contribution in [1.82, 2.24) is 4.90 Å². The van der Waals surface area contributed by atoms with Gasteiger partial charge in [-0.2, -0.15) is 4.90 Å². The maximum Gasteiger partial charge on any atom is 0.420 e. The molecular formula is C24H33NO10. The number of carbonyl (C=O) groups is 5. The summed E-state index contributed by atoms with van der Waals surface area (Å²) in [6.07, 6.45) is -3.00. The Kier molecular flexibility index (Phi) is 9.81. The van der Waals surface area contributed by atoms with Gasteiger partial charge in [0.25, 0.3) is 0 Å². The Balaban J connectivity index is 3.41. The summed E-state index contributed by atoms with van der Waals surface area (Å²) in [5.74, 6) is -2.07. The molecule has 0 radical (unpaired) electrons. The summed E-state index contributed by atoms with van der Waals surface area (Å²) in [6, 6.07) is 2.32. The van der Waals surface area contributed by atoms with Crippen LogP contribution in [-0.2, 0) is 23.8 Å². The molecule has 35 heavy (non-hydrogen) atoms. The van der Waals surface area contributed by atoms with Gasteiger partial charge in [-0.05, 0) is 59.7 Å². The molecule has 0 aliphatic rings. The molecule has 0 saturated carbocycles. The fourth-order valence-electron chi connectivity index (χ4n) is 2.74. The zero-order valence-corrected chi connectivity index (χ0v) is 21.5. The summed E-state index contributed by atoms with van der Waals surface area (Å²) in [6.45, 7) is 10.7. The van der Waals surface area contributed by atoms with Gasteiger partial charge < -0.3 is 23.7 Å². The van der Waals surface area contributed by atoms with Gasteiger partial charge in [-0.3, -0.25) is 9.59 Å². The van der Waals surface area contributed by atoms with Gasteiger partial charge in [0.15, 0.2) is 23.3 Å². The number of ketones is 1. The highest BCUT2D eigenvalue weighted by atomic mass is 16.6. The number of benzene rings is 1. The number of carbonyl (C=O) groups excluding carboxylic acids is 5. The predicted octanol–water partition coefficient (Wildman–Crippen LogP) is 3.91. The van der Waals surface area contributed by atoms with Crippen molar-refractivity contribution in [2.45, 2.75) is 72.1 Å². The van der Waals surface area contributed by atoms with Crippen LogP contribution < -0.4 is 9.47 Å². The molecule has 0 N–H and O–H groups in total. The molecule has 1 rings (SSSR count). The van der Waals surface area contributed by atoms with E-state index < -0.39 is 53.6 Å². The van der Waals surface area contributed by atoms with Crippen LogP contribution in [0.3, 0.4) is 0 Å². The summed E-state index contributed by atoms with van der Waals surface area (Å²) in [7, 11) is 2.37. The van der Waals surface area contributed by atoms with Crippen molar-refractivity contribution in [3.8, 4) is 11.5 Å². The van der Waals surface area contributed by atoms with Crippen molar-refractivity contribution in [3.05, 3.63) is 23.8 Å². The molecule has 0 aliphatic heterocycles. The molecular weight excluding hydrogens is 462 g/mol. The van der Waals surface area contributed by atoms with E-state index in [2.05, 4.69) is 0 Å². The number of imide groups is 1. The van der Waals surface area contributed by atoms with Crippen molar-refractivity contribution in [3.63, 3.8) is 0 Å². The van der Waals surface area contributed by atoms with E-state index in [0.29, 0.717) is 4.90 Å². The Bertz CT molecular complexity index is 943. The van der Waals surface area contributed by atoms with Crippen molar-refractivity contribution >= 4 is 29.9 Å². The highest BCUT2D eigenvalue weighted by Gasteiger charge is 2.42. The number of hydrogen-bond donors (Lipinski definition) is 0. The molecule has 11 nitrogen and oxygen atoms in total. The highest BCUT2D eigenvalue weighted by molar-refractivity contribution is 6.02. The number of amides is 2. The van der Waals surface area contributed by atoms with Gasteiger partial charge in [0, 0.05) is 18.9 Å². The second-order valence-corrected chi connectivity index (χ2v) is 9.46. The van der Waals surface area contributed by atoms with Gasteiger partial charge >= 0.3 is 24.1 Å². The van der Waals surface area contributed by atoms with Crippen LogP contribution in [0, 0.1) is 0 Å². The molecule has 194 valence electrons. The monoisotopic (exact) mass is 495 g/mol. The quantitative estimate of drug-likeness (QED) is 0.237. The molecule has 1 unspecified atom stereocenters. The number of rotatable bonds is 7. The van der Waals surface area contributed by atoms with Crippen LogP contribution >= 0.6 is 0 Å². The second kappa shape index (κ2) is 11.7. The summed E-state index contributed by atoms with van der Waals surface area (Å²) in [5, 5.41) is 0. The summed E-state index contributed by atoms with van der Waals surface area (Å²) in [4.78, 5) is 63.3. The second-order valence-electron chi connectivity index (χ2n) is 9.46. The van der Waals surface area contributed by atoms with Gasteiger partial charge in [-0.25, -0.2) is 14.4 Å². The van der Waals surface area contributed by atoms with Gasteiger partial charge in [0.1, 0.15) is 11.2 Å². The SMILES string of the molecule is COC(=O)C(CC(=O)c1ccc(OC(C)=O)c(OC)c1)N(C(=O)OC(C)(C)C)C(=O)OC(C)(C)C. The zero-order valence-electron chi connectivity index (χ0n) is 21.5. The average Bonchev–Trinajstić information content (AvgIpc) is 2.69. The first-order valence-electron chi connectivity index (χ1n) is 10.7. The van der Waals surface area contributed by atoms with E-state index in [4.69, 9.17) is 23.7 Å². The van der Waals surface area contributed by atoms with E-state index in [9.17, 15) is 24.0 Å². The first kappa shape index (κ1) is 29.4. The lowest BCUT2D eigenvalue weighted by Gasteiger charge is -2.32. The number of nitrogens with zero attached hydrogens (tertiary/aromatic N) is 1. The predicted molar refractivity (Wildman–Crippen MR) is 123 cm³/mol. The van der Waals surface area contributed by atoms with Crippen LogP contribution in [-0.4, -0.2) is 66.3 Å². The minimum Gasteiger partial charge on any atom is -0.493 e. The fraction of sp³-hybridized carbons (Fsp3) is 0.542. The van der Waals surface area contributed by atoms with Crippen LogP contribution in [0.4, 0.5) is 9.59 Å². The van der Waals surface area contributed by atoms with Crippen molar-refractivity contribution in [2.75, 3.05) is 14.2 Å². The molecule has 0 fully saturated rings. The first-order chi connectivity index (χ1) is 16.0. The third-order valence-electron chi connectivity index (χ3n) is 4.08. The molecule has 1 aromatic carbocycles. The topological polar surface area (TPSA) is 135 Å². The maximum absolute atomic E-state index is 13.1. The minimum atomic E-state index is -1.68. The molecule has 0 aromatic heterocycles. The number of esters is 2. The molecule has 2 amide bonds. The molecule has 0 heterocycles. The van der Waals surface area contributed by atoms with E-state index in [1.54, 1.807) is 41.5 Å². The smallest absolute Gasteiger partial charge is 0.420 e. The van der Waals surface area contributed by atoms with Gasteiger partial charge in [-0.1, -0.05) is 0 Å². The van der Waals surface area contributed by atoms with Crippen LogP contribution in [0.1, 0.15) is 65.2 Å². The largest absolute Gasteiger partial charge is 0.493 e. The Hall–Kier alpha value is -3.63. The van der Waals surface area contributed by atoms with Crippen LogP contribution in [0.25, 0.3) is 0 Å². The Morgan fingerprint density at radius 1 is 0.857 bits per heavy atom. The third-order valence-corrected chi connectivity index (χ3v) is 4.08. The standard InChI is InChI=1S/C24H33NO10/c1-14(26)33-18-11-10-15(12-19(18)31-8)17(27)13-16(20(28)32-9)25(21(29)34-23(2,3)4)22(30)35-24(5,6)7/h10-12,16H,13H2,1-9H3.